The molecule has 1 aliphatic rings. The quantitative estimate of drug-likeness (QED) is 0.766. The number of alkyl halides is 3. The van der Waals surface area contributed by atoms with E-state index in [4.69, 9.17) is 0 Å². The lowest BCUT2D eigenvalue weighted by Gasteiger charge is -2.36. The molecule has 0 aliphatic carbocycles. The summed E-state index contributed by atoms with van der Waals surface area (Å²) < 4.78 is 42.2. The van der Waals surface area contributed by atoms with Gasteiger partial charge < -0.3 is 10.1 Å². The number of nitrogens with zero attached hydrogens (tertiary/aromatic N) is 1. The largest absolute Gasteiger partial charge is 0.573 e. The molecule has 7 heteroatoms. The fraction of sp³-hybridized carbons (Fsp3) is 0.368. The molecular weight excluding hydrogens is 409 g/mol. The Morgan fingerprint density at radius 1 is 1.08 bits per heavy atom. The van der Waals surface area contributed by atoms with Gasteiger partial charge >= 0.3 is 6.36 Å². The Labute approximate surface area is 159 Å². The molecule has 0 unspecified atom stereocenters. The summed E-state index contributed by atoms with van der Waals surface area (Å²) in [4.78, 5) is 2.34. The number of hydrogen-bond donors (Lipinski definition) is 1. The highest BCUT2D eigenvalue weighted by Crippen LogP contribution is 2.35. The summed E-state index contributed by atoms with van der Waals surface area (Å²) in [5.74, 6) is -0.205. The minimum Gasteiger partial charge on any atom is -0.406 e. The first-order chi connectivity index (χ1) is 12.3. The zero-order chi connectivity index (χ0) is 18.7. The van der Waals surface area contributed by atoms with Gasteiger partial charge in [-0.1, -0.05) is 40.2 Å². The summed E-state index contributed by atoms with van der Waals surface area (Å²) >= 11 is 3.65. The van der Waals surface area contributed by atoms with Crippen molar-refractivity contribution in [1.82, 2.24) is 10.2 Å². The number of benzene rings is 2. The Bertz CT molecular complexity index is 743. The summed E-state index contributed by atoms with van der Waals surface area (Å²) in [6.45, 7) is 5.53. The van der Waals surface area contributed by atoms with Crippen LogP contribution in [0.3, 0.4) is 0 Å². The molecule has 3 rings (SSSR count). The maximum atomic E-state index is 12.4. The molecule has 0 saturated carbocycles. The first-order valence-corrected chi connectivity index (χ1v) is 9.19. The lowest BCUT2D eigenvalue weighted by atomic mass is 9.95. The molecule has 0 spiro atoms. The third kappa shape index (κ3) is 4.78. The monoisotopic (exact) mass is 428 g/mol. The van der Waals surface area contributed by atoms with Crippen molar-refractivity contribution in [3.05, 3.63) is 63.6 Å². The van der Waals surface area contributed by atoms with E-state index in [1.807, 2.05) is 6.92 Å². The Morgan fingerprint density at radius 3 is 2.31 bits per heavy atom. The molecule has 2 aromatic carbocycles. The van der Waals surface area contributed by atoms with Gasteiger partial charge in [0, 0.05) is 30.7 Å². The minimum atomic E-state index is -4.68. The van der Waals surface area contributed by atoms with Crippen molar-refractivity contribution >= 4 is 15.9 Å². The molecule has 0 amide bonds. The van der Waals surface area contributed by atoms with Crippen LogP contribution in [0.1, 0.15) is 22.7 Å². The standard InChI is InChI=1S/C19H20BrF3N2O/c1-13-2-7-16(17(20)12-13)18(25-10-8-24-9-11-25)14-3-5-15(6-4-14)26-19(21,22)23/h2-7,12,18,24H,8-11H2,1H3/t18-/m1/s1. The van der Waals surface area contributed by atoms with Crippen LogP contribution in [0.4, 0.5) is 13.2 Å². The van der Waals surface area contributed by atoms with Gasteiger partial charge in [-0.15, -0.1) is 13.2 Å². The predicted molar refractivity (Wildman–Crippen MR) is 98.3 cm³/mol. The van der Waals surface area contributed by atoms with E-state index in [0.717, 1.165) is 47.3 Å². The van der Waals surface area contributed by atoms with Gasteiger partial charge in [0.05, 0.1) is 6.04 Å². The lowest BCUT2D eigenvalue weighted by Crippen LogP contribution is -2.45. The number of hydrogen-bond acceptors (Lipinski definition) is 3. The van der Waals surface area contributed by atoms with E-state index in [0.29, 0.717) is 0 Å². The van der Waals surface area contributed by atoms with Gasteiger partial charge in [0.1, 0.15) is 5.75 Å². The smallest absolute Gasteiger partial charge is 0.406 e. The molecule has 1 N–H and O–H groups in total. The van der Waals surface area contributed by atoms with E-state index >= 15 is 0 Å². The zero-order valence-corrected chi connectivity index (χ0v) is 15.9. The number of ether oxygens (including phenoxy) is 1. The first kappa shape index (κ1) is 19.2. The molecule has 1 heterocycles. The summed E-state index contributed by atoms with van der Waals surface area (Å²) in [5.41, 5.74) is 3.18. The average Bonchev–Trinajstić information content (AvgIpc) is 2.58. The molecule has 26 heavy (non-hydrogen) atoms. The van der Waals surface area contributed by atoms with Gasteiger partial charge in [-0.3, -0.25) is 4.90 Å². The van der Waals surface area contributed by atoms with Crippen LogP contribution in [0.5, 0.6) is 5.75 Å². The van der Waals surface area contributed by atoms with Crippen molar-refractivity contribution in [2.45, 2.75) is 19.3 Å². The summed E-state index contributed by atoms with van der Waals surface area (Å²) in [7, 11) is 0. The van der Waals surface area contributed by atoms with E-state index in [1.54, 1.807) is 12.1 Å². The fourth-order valence-electron chi connectivity index (χ4n) is 3.23. The highest BCUT2D eigenvalue weighted by atomic mass is 79.9. The third-order valence-corrected chi connectivity index (χ3v) is 5.08. The second-order valence-electron chi connectivity index (χ2n) is 6.33. The number of rotatable bonds is 4. The van der Waals surface area contributed by atoms with Crippen LogP contribution in [0.25, 0.3) is 0 Å². The topological polar surface area (TPSA) is 24.5 Å². The Balaban J connectivity index is 1.95. The Hall–Kier alpha value is -1.57. The van der Waals surface area contributed by atoms with E-state index in [9.17, 15) is 13.2 Å². The molecule has 0 aromatic heterocycles. The third-order valence-electron chi connectivity index (χ3n) is 4.40. The molecule has 2 aromatic rings. The van der Waals surface area contributed by atoms with Crippen molar-refractivity contribution < 1.29 is 17.9 Å². The van der Waals surface area contributed by atoms with Gasteiger partial charge in [-0.05, 0) is 41.8 Å². The molecule has 1 fully saturated rings. The molecule has 0 bridgehead atoms. The molecule has 1 aliphatic heterocycles. The van der Waals surface area contributed by atoms with Gasteiger partial charge in [0.25, 0.3) is 0 Å². The van der Waals surface area contributed by atoms with Crippen molar-refractivity contribution in [2.75, 3.05) is 26.2 Å². The predicted octanol–water partition coefficient (Wildman–Crippen LogP) is 4.65. The molecule has 1 saturated heterocycles. The maximum Gasteiger partial charge on any atom is 0.573 e. The Kier molecular flexibility index (Phi) is 5.89. The maximum absolute atomic E-state index is 12.4. The summed E-state index contributed by atoms with van der Waals surface area (Å²) in [5, 5.41) is 3.33. The van der Waals surface area contributed by atoms with E-state index in [-0.39, 0.29) is 11.8 Å². The van der Waals surface area contributed by atoms with E-state index in [1.165, 1.54) is 12.1 Å². The number of piperazine rings is 1. The van der Waals surface area contributed by atoms with Crippen LogP contribution in [0.15, 0.2) is 46.9 Å². The first-order valence-electron chi connectivity index (χ1n) is 8.40. The zero-order valence-electron chi connectivity index (χ0n) is 14.3. The molecule has 3 nitrogen and oxygen atoms in total. The van der Waals surface area contributed by atoms with Gasteiger partial charge in [-0.2, -0.15) is 0 Å². The lowest BCUT2D eigenvalue weighted by molar-refractivity contribution is -0.274. The second-order valence-corrected chi connectivity index (χ2v) is 7.18. The highest BCUT2D eigenvalue weighted by Gasteiger charge is 2.31. The molecule has 0 radical (unpaired) electrons. The second kappa shape index (κ2) is 7.98. The average molecular weight is 429 g/mol. The fourth-order valence-corrected chi connectivity index (χ4v) is 3.94. The number of halogens is 4. The molecule has 140 valence electrons. The van der Waals surface area contributed by atoms with E-state index in [2.05, 4.69) is 49.1 Å². The Morgan fingerprint density at radius 2 is 1.73 bits per heavy atom. The van der Waals surface area contributed by atoms with Crippen LogP contribution in [-0.2, 0) is 0 Å². The normalized spacial score (nSPS) is 17.1. The van der Waals surface area contributed by atoms with Crippen molar-refractivity contribution in [3.63, 3.8) is 0 Å². The highest BCUT2D eigenvalue weighted by molar-refractivity contribution is 9.10. The van der Waals surface area contributed by atoms with Gasteiger partial charge in [0.2, 0.25) is 0 Å². The van der Waals surface area contributed by atoms with Gasteiger partial charge in [0.15, 0.2) is 0 Å². The van der Waals surface area contributed by atoms with Crippen molar-refractivity contribution in [1.29, 1.82) is 0 Å². The van der Waals surface area contributed by atoms with Crippen molar-refractivity contribution in [2.24, 2.45) is 0 Å². The molecular formula is C19H20BrF3N2O. The van der Waals surface area contributed by atoms with Crippen LogP contribution in [0, 0.1) is 6.92 Å². The van der Waals surface area contributed by atoms with E-state index < -0.39 is 6.36 Å². The van der Waals surface area contributed by atoms with Crippen LogP contribution < -0.4 is 10.1 Å². The van der Waals surface area contributed by atoms with Crippen LogP contribution in [-0.4, -0.2) is 37.4 Å². The SMILES string of the molecule is Cc1ccc([C@@H](c2ccc(OC(F)(F)F)cc2)N2CCNCC2)c(Br)c1. The summed E-state index contributed by atoms with van der Waals surface area (Å²) in [6, 6.07) is 12.3. The van der Waals surface area contributed by atoms with Gasteiger partial charge in [-0.25, -0.2) is 0 Å². The van der Waals surface area contributed by atoms with Crippen molar-refractivity contribution in [3.8, 4) is 5.75 Å². The number of nitrogens with one attached hydrogen (secondary N) is 1. The van der Waals surface area contributed by atoms with Crippen LogP contribution >= 0.6 is 15.9 Å². The van der Waals surface area contributed by atoms with Crippen LogP contribution in [0.2, 0.25) is 0 Å². The summed E-state index contributed by atoms with van der Waals surface area (Å²) in [6.07, 6.45) is -4.68. The number of aryl methyl sites for hydroxylation is 1. The molecule has 1 atom stereocenters. The minimum absolute atomic E-state index is 0.0352.